The summed E-state index contributed by atoms with van der Waals surface area (Å²) in [6.07, 6.45) is 8.74. The minimum atomic E-state index is -0.229. The van der Waals surface area contributed by atoms with Gasteiger partial charge in [0, 0.05) is 6.04 Å². The molecule has 0 aromatic rings. The maximum Gasteiger partial charge on any atom is 0.109 e. The lowest BCUT2D eigenvalue weighted by Gasteiger charge is -2.42. The minimum absolute atomic E-state index is 0.229. The van der Waals surface area contributed by atoms with Crippen molar-refractivity contribution in [1.29, 1.82) is 5.26 Å². The summed E-state index contributed by atoms with van der Waals surface area (Å²) in [6.45, 7) is 4.53. The molecular weight excluding hydrogens is 196 g/mol. The Labute approximate surface area is 99.4 Å². The molecule has 0 amide bonds. The molecule has 3 unspecified atom stereocenters. The minimum Gasteiger partial charge on any atom is -0.296 e. The van der Waals surface area contributed by atoms with Crippen LogP contribution in [0.5, 0.6) is 0 Å². The molecule has 0 bridgehead atoms. The molecule has 0 aliphatic heterocycles. The van der Waals surface area contributed by atoms with E-state index in [0.717, 1.165) is 6.42 Å². The summed E-state index contributed by atoms with van der Waals surface area (Å²) < 4.78 is 0. The molecule has 2 aliphatic rings. The first-order valence-corrected chi connectivity index (χ1v) is 6.85. The average Bonchev–Trinajstić information content (AvgIpc) is 2.76. The maximum atomic E-state index is 9.58. The topological polar surface area (TPSA) is 35.8 Å². The highest BCUT2D eigenvalue weighted by atomic mass is 15.0. The third-order valence-electron chi connectivity index (χ3n) is 4.62. The fourth-order valence-corrected chi connectivity index (χ4v) is 3.46. The summed E-state index contributed by atoms with van der Waals surface area (Å²) in [5.41, 5.74) is -0.229. The second kappa shape index (κ2) is 4.75. The van der Waals surface area contributed by atoms with Gasteiger partial charge in [-0.25, -0.2) is 0 Å². The van der Waals surface area contributed by atoms with Crippen LogP contribution in [-0.2, 0) is 0 Å². The molecular formula is C14H24N2. The van der Waals surface area contributed by atoms with Crippen molar-refractivity contribution in [3.05, 3.63) is 0 Å². The van der Waals surface area contributed by atoms with Gasteiger partial charge < -0.3 is 0 Å². The third-order valence-corrected chi connectivity index (χ3v) is 4.62. The molecule has 2 fully saturated rings. The largest absolute Gasteiger partial charge is 0.296 e. The normalized spacial score (nSPS) is 40.8. The Morgan fingerprint density at radius 3 is 2.44 bits per heavy atom. The highest BCUT2D eigenvalue weighted by Crippen LogP contribution is 2.38. The van der Waals surface area contributed by atoms with E-state index in [1.165, 1.54) is 38.5 Å². The summed E-state index contributed by atoms with van der Waals surface area (Å²) >= 11 is 0. The summed E-state index contributed by atoms with van der Waals surface area (Å²) in [5.74, 6) is 1.21. The second-order valence-electron chi connectivity index (χ2n) is 6.00. The van der Waals surface area contributed by atoms with E-state index in [0.29, 0.717) is 17.9 Å². The van der Waals surface area contributed by atoms with Gasteiger partial charge in [0.15, 0.2) is 0 Å². The van der Waals surface area contributed by atoms with Crippen LogP contribution >= 0.6 is 0 Å². The maximum absolute atomic E-state index is 9.58. The Kier molecular flexibility index (Phi) is 3.54. The van der Waals surface area contributed by atoms with Crippen LogP contribution in [0.25, 0.3) is 0 Å². The van der Waals surface area contributed by atoms with Gasteiger partial charge in [-0.2, -0.15) is 5.26 Å². The molecule has 0 saturated heterocycles. The van der Waals surface area contributed by atoms with Gasteiger partial charge in [0.2, 0.25) is 0 Å². The molecule has 2 heteroatoms. The fraction of sp³-hybridized carbons (Fsp3) is 0.929. The van der Waals surface area contributed by atoms with Crippen LogP contribution in [0.4, 0.5) is 0 Å². The lowest BCUT2D eigenvalue weighted by Crippen LogP contribution is -2.55. The van der Waals surface area contributed by atoms with E-state index < -0.39 is 0 Å². The SMILES string of the molecule is CC1CCC(C)C(C#N)(NC2CCCC2)C1. The molecule has 0 radical (unpaired) electrons. The van der Waals surface area contributed by atoms with E-state index in [4.69, 9.17) is 0 Å². The van der Waals surface area contributed by atoms with E-state index in [-0.39, 0.29) is 5.54 Å². The van der Waals surface area contributed by atoms with Crippen LogP contribution in [0.15, 0.2) is 0 Å². The number of nitriles is 1. The number of nitrogens with zero attached hydrogens (tertiary/aromatic N) is 1. The van der Waals surface area contributed by atoms with Gasteiger partial charge in [-0.1, -0.05) is 33.1 Å². The Morgan fingerprint density at radius 2 is 1.81 bits per heavy atom. The van der Waals surface area contributed by atoms with Crippen molar-refractivity contribution in [2.24, 2.45) is 11.8 Å². The predicted molar refractivity (Wildman–Crippen MR) is 65.9 cm³/mol. The number of rotatable bonds is 2. The van der Waals surface area contributed by atoms with E-state index >= 15 is 0 Å². The van der Waals surface area contributed by atoms with Gasteiger partial charge >= 0.3 is 0 Å². The zero-order valence-corrected chi connectivity index (χ0v) is 10.6. The van der Waals surface area contributed by atoms with Gasteiger partial charge in [0.05, 0.1) is 6.07 Å². The van der Waals surface area contributed by atoms with Crippen molar-refractivity contribution in [3.8, 4) is 6.07 Å². The Balaban J connectivity index is 2.07. The zero-order valence-electron chi connectivity index (χ0n) is 10.6. The second-order valence-corrected chi connectivity index (χ2v) is 6.00. The molecule has 90 valence electrons. The van der Waals surface area contributed by atoms with Crippen molar-refractivity contribution >= 4 is 0 Å². The van der Waals surface area contributed by atoms with Crippen LogP contribution in [0.2, 0.25) is 0 Å². The smallest absolute Gasteiger partial charge is 0.109 e. The molecule has 1 N–H and O–H groups in total. The van der Waals surface area contributed by atoms with Crippen LogP contribution in [0.3, 0.4) is 0 Å². The molecule has 2 saturated carbocycles. The van der Waals surface area contributed by atoms with Gasteiger partial charge in [0.1, 0.15) is 5.54 Å². The number of nitrogens with one attached hydrogen (secondary N) is 1. The molecule has 0 heterocycles. The average molecular weight is 220 g/mol. The van der Waals surface area contributed by atoms with E-state index in [2.05, 4.69) is 25.2 Å². The first kappa shape index (κ1) is 11.9. The van der Waals surface area contributed by atoms with Gasteiger partial charge in [-0.05, 0) is 37.5 Å². The zero-order chi connectivity index (χ0) is 11.6. The van der Waals surface area contributed by atoms with E-state index in [9.17, 15) is 5.26 Å². The quantitative estimate of drug-likeness (QED) is 0.775. The molecule has 0 aromatic heterocycles. The van der Waals surface area contributed by atoms with E-state index in [1.54, 1.807) is 0 Å². The third kappa shape index (κ3) is 2.25. The van der Waals surface area contributed by atoms with E-state index in [1.807, 2.05) is 0 Å². The van der Waals surface area contributed by atoms with Gasteiger partial charge in [-0.15, -0.1) is 0 Å². The summed E-state index contributed by atoms with van der Waals surface area (Å²) in [4.78, 5) is 0. The first-order chi connectivity index (χ1) is 7.66. The van der Waals surface area contributed by atoms with Crippen molar-refractivity contribution in [2.75, 3.05) is 0 Å². The van der Waals surface area contributed by atoms with Crippen LogP contribution in [-0.4, -0.2) is 11.6 Å². The van der Waals surface area contributed by atoms with Crippen molar-refractivity contribution in [3.63, 3.8) is 0 Å². The standard InChI is InChI=1S/C14H24N2/c1-11-7-8-12(2)14(9-11,10-15)16-13-5-3-4-6-13/h11-13,16H,3-9H2,1-2H3. The molecule has 2 aliphatic carbocycles. The Hall–Kier alpha value is -0.550. The summed E-state index contributed by atoms with van der Waals surface area (Å²) in [5, 5.41) is 13.3. The monoisotopic (exact) mass is 220 g/mol. The molecule has 0 spiro atoms. The lowest BCUT2D eigenvalue weighted by molar-refractivity contribution is 0.155. The highest BCUT2D eigenvalue weighted by Gasteiger charge is 2.42. The molecule has 0 aromatic carbocycles. The molecule has 2 rings (SSSR count). The number of hydrogen-bond donors (Lipinski definition) is 1. The molecule has 16 heavy (non-hydrogen) atoms. The molecule has 3 atom stereocenters. The van der Waals surface area contributed by atoms with Gasteiger partial charge in [-0.3, -0.25) is 5.32 Å². The fourth-order valence-electron chi connectivity index (χ4n) is 3.46. The Morgan fingerprint density at radius 1 is 1.12 bits per heavy atom. The van der Waals surface area contributed by atoms with Gasteiger partial charge in [0.25, 0.3) is 0 Å². The number of hydrogen-bond acceptors (Lipinski definition) is 2. The summed E-state index contributed by atoms with van der Waals surface area (Å²) in [6, 6.07) is 3.22. The first-order valence-electron chi connectivity index (χ1n) is 6.85. The lowest BCUT2D eigenvalue weighted by atomic mass is 9.70. The summed E-state index contributed by atoms with van der Waals surface area (Å²) in [7, 11) is 0. The van der Waals surface area contributed by atoms with Crippen molar-refractivity contribution < 1.29 is 0 Å². The Bertz CT molecular complexity index is 275. The van der Waals surface area contributed by atoms with Crippen molar-refractivity contribution in [1.82, 2.24) is 5.32 Å². The highest BCUT2D eigenvalue weighted by molar-refractivity contribution is 5.13. The predicted octanol–water partition coefficient (Wildman–Crippen LogP) is 3.24. The van der Waals surface area contributed by atoms with Crippen LogP contribution < -0.4 is 5.32 Å². The molecule has 2 nitrogen and oxygen atoms in total. The van der Waals surface area contributed by atoms with Crippen LogP contribution in [0, 0.1) is 23.2 Å². The van der Waals surface area contributed by atoms with Crippen molar-refractivity contribution in [2.45, 2.75) is 70.4 Å². The van der Waals surface area contributed by atoms with Crippen LogP contribution in [0.1, 0.15) is 58.8 Å².